The van der Waals surface area contributed by atoms with Gasteiger partial charge in [0.05, 0.1) is 0 Å². The largest absolute Gasteiger partial charge is 0.462 e. The molecule has 1 atom stereocenters. The zero-order valence-corrected chi connectivity index (χ0v) is 47.1. The number of esters is 3. The van der Waals surface area contributed by atoms with Crippen LogP contribution in [0.25, 0.3) is 0 Å². The van der Waals surface area contributed by atoms with E-state index in [1.807, 2.05) is 0 Å². The van der Waals surface area contributed by atoms with E-state index in [2.05, 4.69) is 57.2 Å². The third-order valence-electron chi connectivity index (χ3n) is 13.9. The maximum atomic E-state index is 12.9. The van der Waals surface area contributed by atoms with Gasteiger partial charge >= 0.3 is 17.9 Å². The Labute approximate surface area is 435 Å². The maximum absolute atomic E-state index is 12.9. The Hall–Kier alpha value is -2.37. The van der Waals surface area contributed by atoms with Crippen molar-refractivity contribution in [2.24, 2.45) is 0 Å². The third-order valence-corrected chi connectivity index (χ3v) is 13.9. The fourth-order valence-corrected chi connectivity index (χ4v) is 9.18. The lowest BCUT2D eigenvalue weighted by molar-refractivity contribution is -0.167. The highest BCUT2D eigenvalue weighted by atomic mass is 16.6. The molecule has 0 radical (unpaired) electrons. The van der Waals surface area contributed by atoms with E-state index in [-0.39, 0.29) is 31.1 Å². The van der Waals surface area contributed by atoms with E-state index in [1.54, 1.807) is 0 Å². The zero-order chi connectivity index (χ0) is 50.7. The third kappa shape index (κ3) is 56.5. The molecule has 0 amide bonds. The van der Waals surface area contributed by atoms with E-state index in [0.29, 0.717) is 19.3 Å². The summed E-state index contributed by atoms with van der Waals surface area (Å²) in [6, 6.07) is 0. The first-order valence-electron chi connectivity index (χ1n) is 31.0. The zero-order valence-electron chi connectivity index (χ0n) is 47.1. The van der Waals surface area contributed by atoms with Crippen molar-refractivity contribution in [2.75, 3.05) is 13.2 Å². The molecule has 0 aromatic heterocycles. The van der Waals surface area contributed by atoms with Gasteiger partial charge in [-0.1, -0.05) is 276 Å². The molecule has 0 saturated carbocycles. The first-order valence-corrected chi connectivity index (χ1v) is 31.0. The highest BCUT2D eigenvalue weighted by Gasteiger charge is 2.19. The van der Waals surface area contributed by atoms with E-state index in [0.717, 1.165) is 77.0 Å². The number of unbranched alkanes of at least 4 members (excludes halogenated alkanes) is 40. The molecular weight excluding hydrogens is 865 g/mol. The van der Waals surface area contributed by atoms with Gasteiger partial charge in [-0.15, -0.1) is 0 Å². The summed E-state index contributed by atoms with van der Waals surface area (Å²) in [6.45, 7) is 6.66. The normalized spacial score (nSPS) is 12.2. The van der Waals surface area contributed by atoms with Crippen molar-refractivity contribution in [2.45, 2.75) is 341 Å². The lowest BCUT2D eigenvalue weighted by Gasteiger charge is -2.18. The van der Waals surface area contributed by atoms with Gasteiger partial charge in [0.1, 0.15) is 13.2 Å². The van der Waals surface area contributed by atoms with Crippen LogP contribution in [0, 0.1) is 0 Å². The summed E-state index contributed by atoms with van der Waals surface area (Å²) in [6.07, 6.45) is 71.4. The van der Waals surface area contributed by atoms with Gasteiger partial charge in [-0.05, 0) is 77.0 Å². The van der Waals surface area contributed by atoms with Crippen molar-refractivity contribution in [3.05, 3.63) is 36.5 Å². The summed E-state index contributed by atoms with van der Waals surface area (Å²) in [7, 11) is 0. The Morgan fingerprint density at radius 3 is 0.814 bits per heavy atom. The van der Waals surface area contributed by atoms with Gasteiger partial charge in [-0.3, -0.25) is 14.4 Å². The SMILES string of the molecule is CCCCCC/C=C\C/C=C\CCCCCCCC(=O)OCC(COC(=O)CCCCCCCCC/C=C\CCCCCCCCC)OC(=O)CCCCCCCCCCCCCCCCCCCC. The molecule has 0 heterocycles. The highest BCUT2D eigenvalue weighted by Crippen LogP contribution is 2.17. The first kappa shape index (κ1) is 67.6. The number of carbonyl (C=O) groups is 3. The van der Waals surface area contributed by atoms with Crippen molar-refractivity contribution in [1.82, 2.24) is 0 Å². The number of hydrogen-bond acceptors (Lipinski definition) is 6. The summed E-state index contributed by atoms with van der Waals surface area (Å²) in [5, 5.41) is 0. The quantitative estimate of drug-likeness (QED) is 0.0261. The van der Waals surface area contributed by atoms with E-state index >= 15 is 0 Å². The molecule has 6 heteroatoms. The molecule has 0 bridgehead atoms. The number of rotatable bonds is 57. The molecule has 0 saturated heterocycles. The van der Waals surface area contributed by atoms with E-state index in [9.17, 15) is 14.4 Å². The van der Waals surface area contributed by atoms with Crippen LogP contribution in [0.2, 0.25) is 0 Å². The van der Waals surface area contributed by atoms with Crippen LogP contribution in [0.5, 0.6) is 0 Å². The topological polar surface area (TPSA) is 78.9 Å². The molecule has 70 heavy (non-hydrogen) atoms. The summed E-state index contributed by atoms with van der Waals surface area (Å²) in [4.78, 5) is 38.3. The molecule has 0 aromatic rings. The Morgan fingerprint density at radius 2 is 0.514 bits per heavy atom. The summed E-state index contributed by atoms with van der Waals surface area (Å²) in [5.74, 6) is -0.871. The molecule has 0 rings (SSSR count). The molecule has 0 N–H and O–H groups in total. The molecule has 410 valence electrons. The minimum Gasteiger partial charge on any atom is -0.462 e. The van der Waals surface area contributed by atoms with Gasteiger partial charge in [0.2, 0.25) is 0 Å². The van der Waals surface area contributed by atoms with Crippen LogP contribution >= 0.6 is 0 Å². The first-order chi connectivity index (χ1) is 34.5. The minimum atomic E-state index is -0.777. The molecule has 0 fully saturated rings. The monoisotopic (exact) mass is 983 g/mol. The second kappa shape index (κ2) is 59.2. The highest BCUT2D eigenvalue weighted by molar-refractivity contribution is 5.71. The van der Waals surface area contributed by atoms with Crippen LogP contribution in [0.3, 0.4) is 0 Å². The van der Waals surface area contributed by atoms with Gasteiger partial charge < -0.3 is 14.2 Å². The van der Waals surface area contributed by atoms with Crippen LogP contribution in [0.4, 0.5) is 0 Å². The molecule has 0 aromatic carbocycles. The lowest BCUT2D eigenvalue weighted by atomic mass is 10.0. The van der Waals surface area contributed by atoms with Gasteiger partial charge in [0, 0.05) is 19.3 Å². The number of allylic oxidation sites excluding steroid dienone is 6. The Kier molecular flexibility index (Phi) is 57.2. The van der Waals surface area contributed by atoms with Crippen molar-refractivity contribution in [3.63, 3.8) is 0 Å². The smallest absolute Gasteiger partial charge is 0.306 e. The lowest BCUT2D eigenvalue weighted by Crippen LogP contribution is -2.30. The fourth-order valence-electron chi connectivity index (χ4n) is 9.18. The van der Waals surface area contributed by atoms with Gasteiger partial charge in [0.15, 0.2) is 6.10 Å². The molecule has 0 spiro atoms. The Bertz CT molecular complexity index is 1170. The Morgan fingerprint density at radius 1 is 0.286 bits per heavy atom. The molecular formula is C64H118O6. The number of carbonyl (C=O) groups excluding carboxylic acids is 3. The van der Waals surface area contributed by atoms with Crippen molar-refractivity contribution < 1.29 is 28.6 Å². The average Bonchev–Trinajstić information content (AvgIpc) is 3.36. The van der Waals surface area contributed by atoms with Crippen LogP contribution in [0.15, 0.2) is 36.5 Å². The second-order valence-electron chi connectivity index (χ2n) is 21.0. The predicted molar refractivity (Wildman–Crippen MR) is 302 cm³/mol. The summed E-state index contributed by atoms with van der Waals surface area (Å²) >= 11 is 0. The molecule has 0 aliphatic rings. The van der Waals surface area contributed by atoms with E-state index < -0.39 is 6.10 Å². The van der Waals surface area contributed by atoms with Gasteiger partial charge in [-0.2, -0.15) is 0 Å². The number of ether oxygens (including phenoxy) is 3. The molecule has 1 unspecified atom stereocenters. The van der Waals surface area contributed by atoms with Crippen LogP contribution in [0.1, 0.15) is 335 Å². The van der Waals surface area contributed by atoms with Crippen molar-refractivity contribution >= 4 is 17.9 Å². The fraction of sp³-hybridized carbons (Fsp3) is 0.859. The average molecular weight is 984 g/mol. The predicted octanol–water partition coefficient (Wildman–Crippen LogP) is 20.8. The van der Waals surface area contributed by atoms with Crippen LogP contribution in [-0.4, -0.2) is 37.2 Å². The van der Waals surface area contributed by atoms with Gasteiger partial charge in [-0.25, -0.2) is 0 Å². The van der Waals surface area contributed by atoms with E-state index in [1.165, 1.54) is 218 Å². The Balaban J connectivity index is 4.36. The van der Waals surface area contributed by atoms with Crippen molar-refractivity contribution in [1.29, 1.82) is 0 Å². The van der Waals surface area contributed by atoms with E-state index in [4.69, 9.17) is 14.2 Å². The summed E-state index contributed by atoms with van der Waals surface area (Å²) in [5.41, 5.74) is 0. The summed E-state index contributed by atoms with van der Waals surface area (Å²) < 4.78 is 16.9. The molecule has 0 aliphatic carbocycles. The molecule has 0 aliphatic heterocycles. The van der Waals surface area contributed by atoms with Crippen LogP contribution < -0.4 is 0 Å². The standard InChI is InChI=1S/C64H118O6/c1-4-7-10-13-16-19-22-25-28-31-33-36-39-42-45-48-51-54-57-63(66)69-60-61(59-68-62(65)56-53-50-47-44-41-38-35-30-27-24-21-18-15-12-9-6-3)70-64(67)58-55-52-49-46-43-40-37-34-32-29-26-23-20-17-14-11-8-5-2/h21,24,28,30-31,35,61H,4-20,22-23,25-27,29,32-34,36-60H2,1-3H3/b24-21-,31-28-,35-30-. The van der Waals surface area contributed by atoms with Crippen molar-refractivity contribution in [3.8, 4) is 0 Å². The van der Waals surface area contributed by atoms with Crippen LogP contribution in [-0.2, 0) is 28.6 Å². The maximum Gasteiger partial charge on any atom is 0.306 e. The second-order valence-corrected chi connectivity index (χ2v) is 21.0. The minimum absolute atomic E-state index is 0.0751. The van der Waals surface area contributed by atoms with Gasteiger partial charge in [0.25, 0.3) is 0 Å². The number of hydrogen-bond donors (Lipinski definition) is 0. The molecule has 6 nitrogen and oxygen atoms in total.